The maximum Gasteiger partial charge on any atom is 0.241 e. The van der Waals surface area contributed by atoms with Crippen LogP contribution >= 0.6 is 0 Å². The largest absolute Gasteiger partial charge is 0.494 e. The molecule has 6 nitrogen and oxygen atoms in total. The van der Waals surface area contributed by atoms with Gasteiger partial charge in [0.15, 0.2) is 0 Å². The third-order valence-electron chi connectivity index (χ3n) is 3.93. The number of rotatable bonds is 6. The van der Waals surface area contributed by atoms with Crippen molar-refractivity contribution in [2.24, 2.45) is 0 Å². The van der Waals surface area contributed by atoms with Gasteiger partial charge in [-0.3, -0.25) is 4.79 Å². The lowest BCUT2D eigenvalue weighted by atomic mass is 10.1. The first-order chi connectivity index (χ1) is 10.8. The van der Waals surface area contributed by atoms with E-state index in [-0.39, 0.29) is 17.3 Å². The maximum absolute atomic E-state index is 12.5. The summed E-state index contributed by atoms with van der Waals surface area (Å²) >= 11 is 0. The molecule has 1 heterocycles. The molecule has 1 saturated heterocycles. The van der Waals surface area contributed by atoms with Crippen LogP contribution in [-0.4, -0.2) is 45.5 Å². The van der Waals surface area contributed by atoms with Crippen molar-refractivity contribution in [2.45, 2.75) is 38.5 Å². The monoisotopic (exact) mass is 340 g/mol. The van der Waals surface area contributed by atoms with Gasteiger partial charge < -0.3 is 9.64 Å². The van der Waals surface area contributed by atoms with Crippen molar-refractivity contribution >= 4 is 15.9 Å². The highest BCUT2D eigenvalue weighted by molar-refractivity contribution is 7.89. The van der Waals surface area contributed by atoms with Gasteiger partial charge in [0.25, 0.3) is 0 Å². The van der Waals surface area contributed by atoms with Crippen LogP contribution in [0.15, 0.2) is 17.0 Å². The number of aryl methyl sites for hydroxylation is 2. The number of nitrogens with zero attached hydrogens (tertiary/aromatic N) is 1. The molecule has 0 bridgehead atoms. The Morgan fingerprint density at radius 3 is 2.48 bits per heavy atom. The number of nitrogens with one attached hydrogen (secondary N) is 1. The molecule has 1 aliphatic rings. The van der Waals surface area contributed by atoms with E-state index in [4.69, 9.17) is 4.74 Å². The fraction of sp³-hybridized carbons (Fsp3) is 0.562. The van der Waals surface area contributed by atoms with Crippen LogP contribution < -0.4 is 9.46 Å². The molecule has 1 aromatic rings. The number of likely N-dealkylation sites (tertiary alicyclic amines) is 1. The molecule has 1 aromatic carbocycles. The second kappa shape index (κ2) is 7.31. The van der Waals surface area contributed by atoms with Gasteiger partial charge in [0.1, 0.15) is 5.75 Å². The smallest absolute Gasteiger partial charge is 0.241 e. The second-order valence-electron chi connectivity index (χ2n) is 5.73. The Balaban J connectivity index is 2.12. The van der Waals surface area contributed by atoms with Crippen LogP contribution in [0.1, 0.15) is 30.9 Å². The van der Waals surface area contributed by atoms with Crippen molar-refractivity contribution < 1.29 is 17.9 Å². The Bertz CT molecular complexity index is 680. The summed E-state index contributed by atoms with van der Waals surface area (Å²) in [7, 11) is -3.72. The molecule has 0 radical (unpaired) electrons. The summed E-state index contributed by atoms with van der Waals surface area (Å²) in [4.78, 5) is 13.9. The number of ether oxygens (including phenoxy) is 1. The molecule has 0 atom stereocenters. The summed E-state index contributed by atoms with van der Waals surface area (Å²) in [5, 5.41) is 0. The number of hydrogen-bond acceptors (Lipinski definition) is 4. The van der Waals surface area contributed by atoms with E-state index in [1.54, 1.807) is 30.9 Å². The fourth-order valence-electron chi connectivity index (χ4n) is 2.68. The molecule has 2 rings (SSSR count). The number of benzene rings is 1. The topological polar surface area (TPSA) is 75.7 Å². The predicted molar refractivity (Wildman–Crippen MR) is 88.1 cm³/mol. The summed E-state index contributed by atoms with van der Waals surface area (Å²) in [6.07, 6.45) is 1.96. The minimum absolute atomic E-state index is 0.175. The number of hydrogen-bond donors (Lipinski definition) is 1. The van der Waals surface area contributed by atoms with E-state index in [9.17, 15) is 13.2 Å². The van der Waals surface area contributed by atoms with Crippen LogP contribution in [-0.2, 0) is 14.8 Å². The minimum Gasteiger partial charge on any atom is -0.494 e. The molecule has 0 aliphatic carbocycles. The normalized spacial score (nSPS) is 15.0. The fourth-order valence-corrected chi connectivity index (χ4v) is 3.96. The molecule has 7 heteroatoms. The molecule has 0 unspecified atom stereocenters. The lowest BCUT2D eigenvalue weighted by Crippen LogP contribution is -2.38. The van der Waals surface area contributed by atoms with Gasteiger partial charge in [-0.2, -0.15) is 0 Å². The van der Waals surface area contributed by atoms with E-state index in [0.29, 0.717) is 31.0 Å². The summed E-state index contributed by atoms with van der Waals surface area (Å²) in [5.74, 6) is 0.503. The zero-order valence-corrected chi connectivity index (χ0v) is 14.7. The highest BCUT2D eigenvalue weighted by Gasteiger charge is 2.23. The van der Waals surface area contributed by atoms with Crippen molar-refractivity contribution in [2.75, 3.05) is 26.2 Å². The average Bonchev–Trinajstić information content (AvgIpc) is 3.03. The molecular formula is C16H24N2O4S. The van der Waals surface area contributed by atoms with Crippen LogP contribution in [0.2, 0.25) is 0 Å². The van der Waals surface area contributed by atoms with Gasteiger partial charge >= 0.3 is 0 Å². The third kappa shape index (κ3) is 4.23. The first-order valence-corrected chi connectivity index (χ1v) is 9.35. The molecular weight excluding hydrogens is 316 g/mol. The van der Waals surface area contributed by atoms with E-state index >= 15 is 0 Å². The number of carbonyl (C=O) groups excluding carboxylic acids is 1. The summed E-state index contributed by atoms with van der Waals surface area (Å²) in [6, 6.07) is 3.30. The molecule has 128 valence electrons. The molecule has 0 saturated carbocycles. The van der Waals surface area contributed by atoms with Crippen molar-refractivity contribution in [3.63, 3.8) is 0 Å². The zero-order valence-electron chi connectivity index (χ0n) is 13.9. The SMILES string of the molecule is CCOc1cc(C)c(S(=O)(=O)NCC(=O)N2CCCC2)cc1C. The van der Waals surface area contributed by atoms with Gasteiger partial charge in [0.2, 0.25) is 15.9 Å². The number of carbonyl (C=O) groups is 1. The zero-order chi connectivity index (χ0) is 17.0. The van der Waals surface area contributed by atoms with E-state index in [0.717, 1.165) is 18.4 Å². The standard InChI is InChI=1S/C16H24N2O4S/c1-4-22-14-9-13(3)15(10-12(14)2)23(20,21)17-11-16(19)18-7-5-6-8-18/h9-10,17H,4-8,11H2,1-3H3. The first kappa shape index (κ1) is 17.7. The lowest BCUT2D eigenvalue weighted by Gasteiger charge is -2.17. The van der Waals surface area contributed by atoms with E-state index in [1.807, 2.05) is 6.92 Å². The van der Waals surface area contributed by atoms with Crippen LogP contribution in [0.3, 0.4) is 0 Å². The van der Waals surface area contributed by atoms with Gasteiger partial charge in [-0.05, 0) is 56.9 Å². The number of sulfonamides is 1. The van der Waals surface area contributed by atoms with Gasteiger partial charge in [0, 0.05) is 13.1 Å². The lowest BCUT2D eigenvalue weighted by molar-refractivity contribution is -0.128. The van der Waals surface area contributed by atoms with Crippen LogP contribution in [0, 0.1) is 13.8 Å². The molecule has 1 aliphatic heterocycles. The Labute approximate surface area is 137 Å². The van der Waals surface area contributed by atoms with Gasteiger partial charge in [-0.25, -0.2) is 13.1 Å². The summed E-state index contributed by atoms with van der Waals surface area (Å²) in [6.45, 7) is 7.15. The maximum atomic E-state index is 12.5. The van der Waals surface area contributed by atoms with Crippen LogP contribution in [0.4, 0.5) is 0 Å². The Morgan fingerprint density at radius 2 is 1.87 bits per heavy atom. The Hall–Kier alpha value is -1.60. The van der Waals surface area contributed by atoms with Gasteiger partial charge in [-0.15, -0.1) is 0 Å². The summed E-state index contributed by atoms with van der Waals surface area (Å²) in [5.41, 5.74) is 1.35. The molecule has 1 N–H and O–H groups in total. The Kier molecular flexibility index (Phi) is 5.64. The summed E-state index contributed by atoms with van der Waals surface area (Å²) < 4.78 is 32.8. The third-order valence-corrected chi connectivity index (χ3v) is 5.48. The Morgan fingerprint density at radius 1 is 1.22 bits per heavy atom. The minimum atomic E-state index is -3.72. The first-order valence-electron chi connectivity index (χ1n) is 7.86. The van der Waals surface area contributed by atoms with Crippen molar-refractivity contribution in [3.05, 3.63) is 23.3 Å². The van der Waals surface area contributed by atoms with Crippen LogP contribution in [0.5, 0.6) is 5.75 Å². The van der Waals surface area contributed by atoms with E-state index in [2.05, 4.69) is 4.72 Å². The highest BCUT2D eigenvalue weighted by atomic mass is 32.2. The molecule has 0 aromatic heterocycles. The van der Waals surface area contributed by atoms with Crippen molar-refractivity contribution in [1.29, 1.82) is 0 Å². The molecule has 1 fully saturated rings. The van der Waals surface area contributed by atoms with Gasteiger partial charge in [0.05, 0.1) is 18.0 Å². The average molecular weight is 340 g/mol. The quantitative estimate of drug-likeness (QED) is 0.853. The molecule has 1 amide bonds. The number of amides is 1. The van der Waals surface area contributed by atoms with Crippen molar-refractivity contribution in [3.8, 4) is 5.75 Å². The molecule has 23 heavy (non-hydrogen) atoms. The van der Waals surface area contributed by atoms with E-state index in [1.165, 1.54) is 0 Å². The van der Waals surface area contributed by atoms with Crippen LogP contribution in [0.25, 0.3) is 0 Å². The van der Waals surface area contributed by atoms with Gasteiger partial charge in [-0.1, -0.05) is 0 Å². The predicted octanol–water partition coefficient (Wildman–Crippen LogP) is 1.60. The van der Waals surface area contributed by atoms with E-state index < -0.39 is 10.0 Å². The van der Waals surface area contributed by atoms with Crippen molar-refractivity contribution in [1.82, 2.24) is 9.62 Å². The second-order valence-corrected chi connectivity index (χ2v) is 7.46. The highest BCUT2D eigenvalue weighted by Crippen LogP contribution is 2.25. The molecule has 0 spiro atoms.